The summed E-state index contributed by atoms with van der Waals surface area (Å²) in [6.45, 7) is 26.2. The highest BCUT2D eigenvalue weighted by Gasteiger charge is 2.40. The zero-order valence-electron chi connectivity index (χ0n) is 55.3. The van der Waals surface area contributed by atoms with Crippen LogP contribution in [0.2, 0.25) is 0 Å². The lowest BCUT2D eigenvalue weighted by atomic mass is 9.69. The van der Waals surface area contributed by atoms with E-state index in [1.165, 1.54) is 0 Å². The van der Waals surface area contributed by atoms with Crippen LogP contribution in [0.15, 0.2) is 187 Å². The Hall–Kier alpha value is -10.8. The number of phenolic OH excluding ortho intramolecular Hbond substituents is 4. The smallest absolute Gasteiger partial charge is 0.338 e. The molecule has 8 aromatic carbocycles. The Labute approximate surface area is 546 Å². The summed E-state index contributed by atoms with van der Waals surface area (Å²) in [5.41, 5.74) is 2.41. The summed E-state index contributed by atoms with van der Waals surface area (Å²) in [6, 6.07) is 39.1. The lowest BCUT2D eigenvalue weighted by molar-refractivity contribution is 0.0517. The third kappa shape index (κ3) is 15.6. The van der Waals surface area contributed by atoms with Gasteiger partial charge in [-0.15, -0.1) is 0 Å². The fourth-order valence-corrected chi connectivity index (χ4v) is 10.7. The second-order valence-corrected chi connectivity index (χ2v) is 24.8. The molecule has 0 saturated heterocycles. The van der Waals surface area contributed by atoms with Gasteiger partial charge >= 0.3 is 23.9 Å². The molecule has 0 aromatic heterocycles. The van der Waals surface area contributed by atoms with Gasteiger partial charge in [-0.25, -0.2) is 19.2 Å². The maximum atomic E-state index is 13.3. The average molecular weight is 1270 g/mol. The number of phenols is 4. The SMILES string of the molecule is CCOC(=O)c1ccc(N=Nc2cc(C)c(O)c(C(C)(C)c3cc(N=Nc4ccc(C(=O)OCC)cc4)cc(C(C)(C)c4cc(N=Nc5ccc(C(=O)OCC)cc5)cc(C(C)(C)c5cc(N=Nc6ccc(C(=O)OCC)cc6)cc(C(C)(C)C)c5O)c4O)c3O)c2)cc1. The molecule has 20 heteroatoms. The highest BCUT2D eigenvalue weighted by atomic mass is 16.5. The number of nitrogens with zero attached hydrogens (tertiary/aromatic N) is 8. The fourth-order valence-electron chi connectivity index (χ4n) is 10.7. The van der Waals surface area contributed by atoms with Crippen LogP contribution in [0.1, 0.15) is 176 Å². The van der Waals surface area contributed by atoms with Crippen LogP contribution in [0.25, 0.3) is 0 Å². The standard InChI is InChI=1S/C74H78N8O12/c1-15-91-67(87)44-19-27-48(28-20-44)75-79-52-35-43(5)63(83)57(37-52)72(9,10)59-39-54(81-77-50-31-23-46(24-32-50)69(89)93-17-3)41-61(65(59)85)74(13,14)62-42-55(82-78-51-33-25-47(26-34-51)70(90)94-18-4)40-60(66(62)86)73(11,12)58-38-53(36-56(64(58)84)71(6,7)8)80-76-49-29-21-45(22-30-49)68(88)92-16-2/h19-42,83-86H,15-18H2,1-14H3. The molecule has 0 amide bonds. The average Bonchev–Trinajstić information content (AvgIpc) is 0.737. The molecule has 0 radical (unpaired) electrons. The molecule has 4 N–H and O–H groups in total. The van der Waals surface area contributed by atoms with E-state index in [4.69, 9.17) is 29.2 Å². The van der Waals surface area contributed by atoms with Crippen LogP contribution in [0, 0.1) is 6.92 Å². The van der Waals surface area contributed by atoms with Gasteiger partial charge in [0.2, 0.25) is 0 Å². The number of hydrogen-bond acceptors (Lipinski definition) is 20. The summed E-state index contributed by atoms with van der Waals surface area (Å²) in [5, 5.41) is 87.7. The minimum atomic E-state index is -1.40. The maximum absolute atomic E-state index is 13.3. The van der Waals surface area contributed by atoms with Gasteiger partial charge in [-0.3, -0.25) is 0 Å². The van der Waals surface area contributed by atoms with E-state index in [-0.39, 0.29) is 83.1 Å². The Morgan fingerprint density at radius 3 is 0.713 bits per heavy atom. The molecule has 0 spiro atoms. The molecule has 0 saturated carbocycles. The van der Waals surface area contributed by atoms with E-state index in [1.807, 2.05) is 62.3 Å². The summed E-state index contributed by atoms with van der Waals surface area (Å²) >= 11 is 0. The molecule has 0 aliphatic carbocycles. The van der Waals surface area contributed by atoms with Crippen LogP contribution in [-0.4, -0.2) is 70.7 Å². The van der Waals surface area contributed by atoms with Gasteiger partial charge in [0.05, 0.1) is 94.2 Å². The number of aryl methyl sites for hydroxylation is 1. The molecule has 94 heavy (non-hydrogen) atoms. The van der Waals surface area contributed by atoms with Crippen molar-refractivity contribution in [2.45, 2.75) is 119 Å². The van der Waals surface area contributed by atoms with E-state index in [0.717, 1.165) is 0 Å². The second-order valence-electron chi connectivity index (χ2n) is 24.8. The molecule has 8 rings (SSSR count). The molecule has 0 bridgehead atoms. The van der Waals surface area contributed by atoms with Crippen molar-refractivity contribution >= 4 is 69.4 Å². The molecule has 486 valence electrons. The van der Waals surface area contributed by atoms with E-state index in [2.05, 4.69) is 30.7 Å². The normalized spacial score (nSPS) is 12.3. The molecule has 0 atom stereocenters. The molecule has 0 fully saturated rings. The van der Waals surface area contributed by atoms with Gasteiger partial charge in [0, 0.05) is 55.2 Å². The molecular weight excluding hydrogens is 1190 g/mol. The van der Waals surface area contributed by atoms with Crippen molar-refractivity contribution in [1.82, 2.24) is 0 Å². The van der Waals surface area contributed by atoms with E-state index >= 15 is 0 Å². The summed E-state index contributed by atoms with van der Waals surface area (Å²) in [5.74, 6) is -2.53. The van der Waals surface area contributed by atoms with Crippen LogP contribution in [0.4, 0.5) is 45.5 Å². The van der Waals surface area contributed by atoms with Crippen LogP contribution in [0.3, 0.4) is 0 Å². The molecule has 0 unspecified atom stereocenters. The minimum absolute atomic E-state index is 0.0593. The van der Waals surface area contributed by atoms with Crippen molar-refractivity contribution < 1.29 is 58.6 Å². The Bertz CT molecular complexity index is 4260. The van der Waals surface area contributed by atoms with Crippen LogP contribution < -0.4 is 0 Å². The lowest BCUT2D eigenvalue weighted by Gasteiger charge is -2.35. The van der Waals surface area contributed by atoms with Gasteiger partial charge < -0.3 is 39.4 Å². The first-order chi connectivity index (χ1) is 44.5. The number of benzene rings is 8. The number of azo groups is 4. The predicted molar refractivity (Wildman–Crippen MR) is 359 cm³/mol. The first-order valence-corrected chi connectivity index (χ1v) is 30.8. The van der Waals surface area contributed by atoms with Gasteiger partial charge in [0.15, 0.2) is 0 Å². The van der Waals surface area contributed by atoms with E-state index in [1.54, 1.807) is 180 Å². The summed E-state index contributed by atoms with van der Waals surface area (Å²) in [4.78, 5) is 50.0. The second kappa shape index (κ2) is 28.8. The molecular formula is C74H78N8O12. The molecule has 0 heterocycles. The first-order valence-electron chi connectivity index (χ1n) is 30.8. The summed E-state index contributed by atoms with van der Waals surface area (Å²) < 4.78 is 20.7. The Morgan fingerprint density at radius 2 is 0.489 bits per heavy atom. The maximum Gasteiger partial charge on any atom is 0.338 e. The number of rotatable bonds is 22. The van der Waals surface area contributed by atoms with Gasteiger partial charge in [0.1, 0.15) is 23.0 Å². The highest BCUT2D eigenvalue weighted by Crippen LogP contribution is 2.54. The van der Waals surface area contributed by atoms with Crippen LogP contribution >= 0.6 is 0 Å². The van der Waals surface area contributed by atoms with Crippen molar-refractivity contribution in [2.75, 3.05) is 26.4 Å². The topological polar surface area (TPSA) is 285 Å². The van der Waals surface area contributed by atoms with Gasteiger partial charge in [-0.05, 0) is 191 Å². The van der Waals surface area contributed by atoms with Crippen molar-refractivity contribution in [2.24, 2.45) is 40.9 Å². The van der Waals surface area contributed by atoms with Gasteiger partial charge in [0.25, 0.3) is 0 Å². The summed E-state index contributed by atoms with van der Waals surface area (Å²) in [6.07, 6.45) is 0. The number of esters is 4. The highest BCUT2D eigenvalue weighted by molar-refractivity contribution is 5.91. The Balaban J connectivity index is 1.33. The number of carbonyl (C=O) groups excluding carboxylic acids is 4. The predicted octanol–water partition coefficient (Wildman–Crippen LogP) is 19.5. The van der Waals surface area contributed by atoms with Crippen molar-refractivity contribution in [3.63, 3.8) is 0 Å². The van der Waals surface area contributed by atoms with Crippen LogP contribution in [0.5, 0.6) is 23.0 Å². The third-order valence-electron chi connectivity index (χ3n) is 16.1. The molecule has 8 aromatic rings. The van der Waals surface area contributed by atoms with E-state index < -0.39 is 45.5 Å². The zero-order chi connectivity index (χ0) is 68.5. The molecule has 20 nitrogen and oxygen atoms in total. The monoisotopic (exact) mass is 1270 g/mol. The molecule has 0 aliphatic heterocycles. The largest absolute Gasteiger partial charge is 0.507 e. The Morgan fingerprint density at radius 1 is 0.298 bits per heavy atom. The van der Waals surface area contributed by atoms with Crippen LogP contribution in [-0.2, 0) is 40.6 Å². The van der Waals surface area contributed by atoms with Crippen molar-refractivity contribution in [3.05, 3.63) is 212 Å². The number of ether oxygens (including phenoxy) is 4. The summed E-state index contributed by atoms with van der Waals surface area (Å²) in [7, 11) is 0. The quantitative estimate of drug-likeness (QED) is 0.0280. The van der Waals surface area contributed by atoms with E-state index in [0.29, 0.717) is 78.6 Å². The lowest BCUT2D eigenvalue weighted by Crippen LogP contribution is -2.26. The van der Waals surface area contributed by atoms with Crippen molar-refractivity contribution in [3.8, 4) is 23.0 Å². The first kappa shape index (κ1) is 69.1. The van der Waals surface area contributed by atoms with Crippen molar-refractivity contribution in [1.29, 1.82) is 0 Å². The fraction of sp³-hybridized carbons (Fsp3) is 0.297. The minimum Gasteiger partial charge on any atom is -0.507 e. The zero-order valence-corrected chi connectivity index (χ0v) is 55.3. The third-order valence-corrected chi connectivity index (χ3v) is 16.1. The Kier molecular flexibility index (Phi) is 21.2. The molecule has 0 aliphatic rings. The number of hydrogen-bond donors (Lipinski definition) is 4. The number of aromatic hydroxyl groups is 4. The van der Waals surface area contributed by atoms with Gasteiger partial charge in [-0.1, -0.05) is 62.3 Å². The van der Waals surface area contributed by atoms with Gasteiger partial charge in [-0.2, -0.15) is 40.9 Å². The van der Waals surface area contributed by atoms with E-state index in [9.17, 15) is 39.6 Å². The number of carbonyl (C=O) groups is 4.